The van der Waals surface area contributed by atoms with Crippen LogP contribution in [0.1, 0.15) is 21.6 Å². The van der Waals surface area contributed by atoms with Crippen molar-refractivity contribution in [3.8, 4) is 17.2 Å². The van der Waals surface area contributed by atoms with Crippen LogP contribution in [0.5, 0.6) is 17.2 Å². The molecule has 0 aliphatic carbocycles. The Bertz CT molecular complexity index is 1020. The van der Waals surface area contributed by atoms with Crippen LogP contribution in [0.3, 0.4) is 0 Å². The van der Waals surface area contributed by atoms with Gasteiger partial charge in [0.05, 0.1) is 34.1 Å². The minimum atomic E-state index is -0.409. The summed E-state index contributed by atoms with van der Waals surface area (Å²) in [5, 5.41) is 8.29. The van der Waals surface area contributed by atoms with E-state index in [2.05, 4.69) is 31.6 Å². The first-order valence-electron chi connectivity index (χ1n) is 8.95. The molecule has 1 aromatic heterocycles. The monoisotopic (exact) mass is 472 g/mol. The number of amides is 1. The Morgan fingerprint density at radius 3 is 2.37 bits per heavy atom. The lowest BCUT2D eigenvalue weighted by molar-refractivity contribution is 0.0949. The molecule has 0 aliphatic rings. The highest BCUT2D eigenvalue weighted by molar-refractivity contribution is 9.10. The number of methoxy groups -OCH3 is 3. The Labute approximate surface area is 182 Å². The van der Waals surface area contributed by atoms with Crippen molar-refractivity contribution >= 4 is 28.1 Å². The van der Waals surface area contributed by atoms with Gasteiger partial charge in [-0.05, 0) is 35.9 Å². The maximum absolute atomic E-state index is 12.3. The van der Waals surface area contributed by atoms with Crippen LogP contribution in [0.15, 0.2) is 58.2 Å². The Morgan fingerprint density at radius 2 is 1.77 bits per heavy atom. The topological polar surface area (TPSA) is 87.0 Å². The van der Waals surface area contributed by atoms with E-state index < -0.39 is 5.91 Å². The predicted octanol–water partition coefficient (Wildman–Crippen LogP) is 3.48. The second kappa shape index (κ2) is 9.93. The zero-order valence-corrected chi connectivity index (χ0v) is 18.3. The van der Waals surface area contributed by atoms with Gasteiger partial charge in [-0.1, -0.05) is 28.1 Å². The Balaban J connectivity index is 1.65. The third kappa shape index (κ3) is 5.18. The van der Waals surface area contributed by atoms with Gasteiger partial charge in [-0.3, -0.25) is 9.48 Å². The molecule has 0 radical (unpaired) electrons. The molecule has 1 heterocycles. The maximum Gasteiger partial charge on any atom is 0.291 e. The van der Waals surface area contributed by atoms with Crippen molar-refractivity contribution in [2.75, 3.05) is 21.3 Å². The smallest absolute Gasteiger partial charge is 0.291 e. The van der Waals surface area contributed by atoms with Gasteiger partial charge in [0.15, 0.2) is 17.2 Å². The maximum atomic E-state index is 12.3. The average molecular weight is 473 g/mol. The van der Waals surface area contributed by atoms with Crippen molar-refractivity contribution in [3.63, 3.8) is 0 Å². The second-order valence-electron chi connectivity index (χ2n) is 6.18. The summed E-state index contributed by atoms with van der Waals surface area (Å²) in [6.07, 6.45) is 3.24. The highest BCUT2D eigenvalue weighted by Crippen LogP contribution is 2.37. The highest BCUT2D eigenvalue weighted by Gasteiger charge is 2.13. The molecule has 1 amide bonds. The Kier molecular flexibility index (Phi) is 7.08. The fourth-order valence-corrected chi connectivity index (χ4v) is 3.01. The molecule has 0 spiro atoms. The van der Waals surface area contributed by atoms with Crippen LogP contribution in [0.4, 0.5) is 0 Å². The number of aromatic nitrogens is 2. The molecule has 0 saturated carbocycles. The number of carbonyl (C=O) groups is 1. The molecule has 8 nitrogen and oxygen atoms in total. The number of hydrogen-bond donors (Lipinski definition) is 1. The molecule has 2 aromatic carbocycles. The van der Waals surface area contributed by atoms with E-state index in [0.717, 1.165) is 10.0 Å². The molecule has 3 rings (SSSR count). The van der Waals surface area contributed by atoms with E-state index in [0.29, 0.717) is 29.4 Å². The molecule has 156 valence electrons. The Hall–Kier alpha value is -3.33. The lowest BCUT2D eigenvalue weighted by Gasteiger charge is -2.12. The normalized spacial score (nSPS) is 10.8. The lowest BCUT2D eigenvalue weighted by atomic mass is 10.2. The quantitative estimate of drug-likeness (QED) is 0.400. The van der Waals surface area contributed by atoms with E-state index in [1.807, 2.05) is 24.3 Å². The standard InChI is InChI=1S/C21H21BrN4O4/c1-28-18-10-15(11-19(29-2)20(18)30-3)12-23-24-21(27)17-8-9-26(25-17)13-14-4-6-16(22)7-5-14/h4-12H,13H2,1-3H3,(H,24,27). The van der Waals surface area contributed by atoms with Crippen molar-refractivity contribution < 1.29 is 19.0 Å². The Morgan fingerprint density at radius 1 is 1.10 bits per heavy atom. The van der Waals surface area contributed by atoms with Gasteiger partial charge in [0.25, 0.3) is 5.91 Å². The largest absolute Gasteiger partial charge is 0.493 e. The average Bonchev–Trinajstić information content (AvgIpc) is 3.23. The van der Waals surface area contributed by atoms with Crippen LogP contribution in [0, 0.1) is 0 Å². The first kappa shape index (κ1) is 21.4. The molecular formula is C21H21BrN4O4. The summed E-state index contributed by atoms with van der Waals surface area (Å²) < 4.78 is 18.6. The van der Waals surface area contributed by atoms with E-state index in [1.165, 1.54) is 27.5 Å². The van der Waals surface area contributed by atoms with Crippen molar-refractivity contribution in [1.82, 2.24) is 15.2 Å². The lowest BCUT2D eigenvalue weighted by Crippen LogP contribution is -2.18. The number of hydrazone groups is 1. The number of rotatable bonds is 8. The molecule has 0 saturated heterocycles. The summed E-state index contributed by atoms with van der Waals surface area (Å²) in [5.41, 5.74) is 4.49. The van der Waals surface area contributed by atoms with Crippen LogP contribution < -0.4 is 19.6 Å². The predicted molar refractivity (Wildman–Crippen MR) is 117 cm³/mol. The number of nitrogens with zero attached hydrogens (tertiary/aromatic N) is 3. The summed E-state index contributed by atoms with van der Waals surface area (Å²) in [5.74, 6) is 1.07. The van der Waals surface area contributed by atoms with E-state index in [9.17, 15) is 4.79 Å². The summed E-state index contributed by atoms with van der Waals surface area (Å²) >= 11 is 3.41. The van der Waals surface area contributed by atoms with Crippen LogP contribution in [-0.4, -0.2) is 43.2 Å². The second-order valence-corrected chi connectivity index (χ2v) is 7.10. The van der Waals surface area contributed by atoms with Crippen LogP contribution in [-0.2, 0) is 6.54 Å². The number of ether oxygens (including phenoxy) is 3. The van der Waals surface area contributed by atoms with E-state index >= 15 is 0 Å². The zero-order valence-electron chi connectivity index (χ0n) is 16.8. The van der Waals surface area contributed by atoms with Crippen molar-refractivity contribution in [1.29, 1.82) is 0 Å². The summed E-state index contributed by atoms with van der Waals surface area (Å²) in [6.45, 7) is 0.565. The van der Waals surface area contributed by atoms with E-state index in [1.54, 1.807) is 29.1 Å². The highest BCUT2D eigenvalue weighted by atomic mass is 79.9. The molecule has 0 atom stereocenters. The SMILES string of the molecule is COc1cc(C=NNC(=O)c2ccn(Cc3ccc(Br)cc3)n2)cc(OC)c1OC. The molecule has 30 heavy (non-hydrogen) atoms. The third-order valence-corrected chi connectivity index (χ3v) is 4.73. The van der Waals surface area contributed by atoms with Gasteiger partial charge in [-0.2, -0.15) is 10.2 Å². The summed E-state index contributed by atoms with van der Waals surface area (Å²) in [4.78, 5) is 12.3. The first-order chi connectivity index (χ1) is 14.5. The minimum absolute atomic E-state index is 0.272. The van der Waals surface area contributed by atoms with Crippen molar-refractivity contribution in [3.05, 3.63) is 70.0 Å². The van der Waals surface area contributed by atoms with Crippen LogP contribution in [0.25, 0.3) is 0 Å². The first-order valence-corrected chi connectivity index (χ1v) is 9.74. The molecule has 0 bridgehead atoms. The van der Waals surface area contributed by atoms with Gasteiger partial charge >= 0.3 is 0 Å². The van der Waals surface area contributed by atoms with Gasteiger partial charge in [-0.25, -0.2) is 5.43 Å². The zero-order chi connectivity index (χ0) is 21.5. The summed E-state index contributed by atoms with van der Waals surface area (Å²) in [7, 11) is 4.60. The number of nitrogens with one attached hydrogen (secondary N) is 1. The number of benzene rings is 2. The van der Waals surface area contributed by atoms with Crippen molar-refractivity contribution in [2.24, 2.45) is 5.10 Å². The van der Waals surface area contributed by atoms with E-state index in [4.69, 9.17) is 14.2 Å². The fraction of sp³-hybridized carbons (Fsp3) is 0.190. The molecule has 3 aromatic rings. The molecule has 9 heteroatoms. The van der Waals surface area contributed by atoms with Gasteiger partial charge in [0.2, 0.25) is 5.75 Å². The number of hydrogen-bond acceptors (Lipinski definition) is 6. The molecule has 1 N–H and O–H groups in total. The van der Waals surface area contributed by atoms with Gasteiger partial charge in [-0.15, -0.1) is 0 Å². The number of halogens is 1. The minimum Gasteiger partial charge on any atom is -0.493 e. The summed E-state index contributed by atoms with van der Waals surface area (Å²) in [6, 6.07) is 13.0. The molecule has 0 unspecified atom stereocenters. The third-order valence-electron chi connectivity index (χ3n) is 4.20. The fourth-order valence-electron chi connectivity index (χ4n) is 2.75. The molecular weight excluding hydrogens is 452 g/mol. The molecule has 0 aliphatic heterocycles. The van der Waals surface area contributed by atoms with Crippen molar-refractivity contribution in [2.45, 2.75) is 6.54 Å². The van der Waals surface area contributed by atoms with Crippen LogP contribution in [0.2, 0.25) is 0 Å². The van der Waals surface area contributed by atoms with Crippen LogP contribution >= 0.6 is 15.9 Å². The van der Waals surface area contributed by atoms with E-state index in [-0.39, 0.29) is 5.69 Å². The number of carbonyl (C=O) groups excluding carboxylic acids is 1. The van der Waals surface area contributed by atoms with Gasteiger partial charge in [0.1, 0.15) is 0 Å². The van der Waals surface area contributed by atoms with Gasteiger partial charge < -0.3 is 14.2 Å². The molecule has 0 fully saturated rings. The van der Waals surface area contributed by atoms with Gasteiger partial charge in [0, 0.05) is 16.2 Å².